The minimum absolute atomic E-state index is 0.0995. The minimum atomic E-state index is -0.0995. The summed E-state index contributed by atoms with van der Waals surface area (Å²) < 4.78 is 0. The molecule has 1 aromatic carbocycles. The summed E-state index contributed by atoms with van der Waals surface area (Å²) in [6.07, 6.45) is 2.72. The molecule has 2 N–H and O–H groups in total. The van der Waals surface area contributed by atoms with Gasteiger partial charge in [-0.3, -0.25) is 9.89 Å². The number of hydrogen-bond donors (Lipinski definition) is 2. The highest BCUT2D eigenvalue weighted by molar-refractivity contribution is 5.82. The van der Waals surface area contributed by atoms with Gasteiger partial charge in [0.1, 0.15) is 0 Å². The van der Waals surface area contributed by atoms with Crippen molar-refractivity contribution in [1.29, 1.82) is 0 Å². The van der Waals surface area contributed by atoms with Crippen LogP contribution in [-0.2, 0) is 16.6 Å². The van der Waals surface area contributed by atoms with E-state index in [1.54, 1.807) is 6.21 Å². The molecule has 0 spiro atoms. The zero-order valence-corrected chi connectivity index (χ0v) is 15.1. The normalized spacial score (nSPS) is 11.9. The maximum atomic E-state index is 11.9. The van der Waals surface area contributed by atoms with Gasteiger partial charge in [-0.15, -0.1) is 0 Å². The molecule has 1 amide bonds. The van der Waals surface area contributed by atoms with Gasteiger partial charge in [0.2, 0.25) is 5.91 Å². The Morgan fingerprint density at radius 2 is 1.92 bits per heavy atom. The highest BCUT2D eigenvalue weighted by atomic mass is 16.2. The topological polar surface area (TPSA) is 70.1 Å². The number of hydrogen-bond acceptors (Lipinski definition) is 3. The summed E-state index contributed by atoms with van der Waals surface area (Å²) in [5.41, 5.74) is 8.01. The first-order chi connectivity index (χ1) is 11.3. The van der Waals surface area contributed by atoms with E-state index in [1.165, 1.54) is 5.56 Å². The number of rotatable bonds is 5. The number of carbonyl (C=O) groups is 1. The van der Waals surface area contributed by atoms with Gasteiger partial charge in [0, 0.05) is 12.1 Å². The summed E-state index contributed by atoms with van der Waals surface area (Å²) in [6, 6.07) is 8.20. The van der Waals surface area contributed by atoms with Gasteiger partial charge in [-0.05, 0) is 42.4 Å². The van der Waals surface area contributed by atoms with E-state index in [4.69, 9.17) is 0 Å². The number of H-pyrrole nitrogens is 1. The molecular weight excluding hydrogens is 300 g/mol. The third-order valence-corrected chi connectivity index (χ3v) is 4.06. The Balaban J connectivity index is 1.84. The van der Waals surface area contributed by atoms with E-state index in [2.05, 4.69) is 53.6 Å². The van der Waals surface area contributed by atoms with Crippen LogP contribution < -0.4 is 5.43 Å². The van der Waals surface area contributed by atoms with Gasteiger partial charge < -0.3 is 0 Å². The second-order valence-corrected chi connectivity index (χ2v) is 7.08. The Kier molecular flexibility index (Phi) is 5.54. The number of nitrogens with zero attached hydrogens (tertiary/aromatic N) is 2. The van der Waals surface area contributed by atoms with Crippen LogP contribution in [-0.4, -0.2) is 22.3 Å². The lowest BCUT2D eigenvalue weighted by atomic mass is 9.87. The number of nitrogens with one attached hydrogen (secondary N) is 2. The number of benzene rings is 1. The largest absolute Gasteiger partial charge is 0.282 e. The Bertz CT molecular complexity index is 701. The molecule has 0 saturated heterocycles. The fraction of sp³-hybridized carbons (Fsp3) is 0.421. The fourth-order valence-corrected chi connectivity index (χ4v) is 2.48. The smallest absolute Gasteiger partial charge is 0.240 e. The molecule has 0 radical (unpaired) electrons. The first-order valence-electron chi connectivity index (χ1n) is 8.20. The quantitative estimate of drug-likeness (QED) is 0.653. The van der Waals surface area contributed by atoms with Crippen molar-refractivity contribution in [3.63, 3.8) is 0 Å². The van der Waals surface area contributed by atoms with Crippen LogP contribution in [0.4, 0.5) is 0 Å². The molecule has 0 aliphatic rings. The van der Waals surface area contributed by atoms with Crippen LogP contribution in [0, 0.1) is 13.8 Å². The average Bonchev–Trinajstić information content (AvgIpc) is 2.83. The first-order valence-corrected chi connectivity index (χ1v) is 8.20. The van der Waals surface area contributed by atoms with Crippen molar-refractivity contribution in [3.8, 4) is 0 Å². The highest BCUT2D eigenvalue weighted by Gasteiger charge is 2.12. The molecule has 128 valence electrons. The van der Waals surface area contributed by atoms with Gasteiger partial charge in [-0.1, -0.05) is 45.0 Å². The van der Waals surface area contributed by atoms with Gasteiger partial charge in [0.05, 0.1) is 11.9 Å². The Morgan fingerprint density at radius 3 is 2.46 bits per heavy atom. The predicted octanol–water partition coefficient (Wildman–Crippen LogP) is 3.41. The zero-order chi connectivity index (χ0) is 17.7. The third-order valence-electron chi connectivity index (χ3n) is 4.06. The monoisotopic (exact) mass is 326 g/mol. The van der Waals surface area contributed by atoms with Crippen LogP contribution in [0.5, 0.6) is 0 Å². The number of aromatic nitrogens is 2. The Morgan fingerprint density at radius 1 is 1.25 bits per heavy atom. The lowest BCUT2D eigenvalue weighted by molar-refractivity contribution is -0.121. The zero-order valence-electron chi connectivity index (χ0n) is 15.1. The molecule has 2 aromatic rings. The second-order valence-electron chi connectivity index (χ2n) is 7.08. The van der Waals surface area contributed by atoms with E-state index in [-0.39, 0.29) is 11.3 Å². The number of amides is 1. The summed E-state index contributed by atoms with van der Waals surface area (Å²) in [5, 5.41) is 11.1. The van der Waals surface area contributed by atoms with E-state index in [1.807, 2.05) is 26.0 Å². The van der Waals surface area contributed by atoms with Crippen molar-refractivity contribution in [2.24, 2.45) is 5.10 Å². The molecule has 0 bridgehead atoms. The molecule has 0 atom stereocenters. The van der Waals surface area contributed by atoms with Crippen LogP contribution in [0.3, 0.4) is 0 Å². The lowest BCUT2D eigenvalue weighted by Gasteiger charge is -2.18. The lowest BCUT2D eigenvalue weighted by Crippen LogP contribution is -2.18. The van der Waals surface area contributed by atoms with Gasteiger partial charge >= 0.3 is 0 Å². The first kappa shape index (κ1) is 17.9. The van der Waals surface area contributed by atoms with Gasteiger partial charge in [0.25, 0.3) is 0 Å². The fourth-order valence-electron chi connectivity index (χ4n) is 2.48. The molecule has 0 unspecified atom stereocenters. The van der Waals surface area contributed by atoms with Gasteiger partial charge in [-0.2, -0.15) is 10.2 Å². The molecule has 1 heterocycles. The minimum Gasteiger partial charge on any atom is -0.282 e. The summed E-state index contributed by atoms with van der Waals surface area (Å²) in [5.74, 6) is -0.0995. The summed E-state index contributed by atoms with van der Waals surface area (Å²) in [6.45, 7) is 10.4. The van der Waals surface area contributed by atoms with Crippen molar-refractivity contribution >= 4 is 12.1 Å². The molecule has 0 aliphatic heterocycles. The molecule has 1 aromatic heterocycles. The van der Waals surface area contributed by atoms with Crippen LogP contribution in [0.25, 0.3) is 0 Å². The van der Waals surface area contributed by atoms with Crippen LogP contribution in [0.15, 0.2) is 29.4 Å². The number of aromatic amines is 1. The summed E-state index contributed by atoms with van der Waals surface area (Å²) in [4.78, 5) is 11.9. The van der Waals surface area contributed by atoms with Crippen molar-refractivity contribution in [3.05, 3.63) is 52.3 Å². The number of aryl methyl sites for hydroxylation is 2. The van der Waals surface area contributed by atoms with Crippen molar-refractivity contribution in [1.82, 2.24) is 15.6 Å². The van der Waals surface area contributed by atoms with E-state index < -0.39 is 0 Å². The highest BCUT2D eigenvalue weighted by Crippen LogP contribution is 2.21. The van der Waals surface area contributed by atoms with Crippen LogP contribution in [0.2, 0.25) is 0 Å². The van der Waals surface area contributed by atoms with E-state index in [0.29, 0.717) is 12.8 Å². The predicted molar refractivity (Wildman–Crippen MR) is 97.3 cm³/mol. The van der Waals surface area contributed by atoms with Crippen LogP contribution >= 0.6 is 0 Å². The van der Waals surface area contributed by atoms with E-state index >= 15 is 0 Å². The SMILES string of the molecule is Cc1n[nH]c(C)c1CCC(=O)N/N=C/c1ccc(C(C)(C)C)cc1. The maximum absolute atomic E-state index is 11.9. The van der Waals surface area contributed by atoms with Crippen LogP contribution in [0.1, 0.15) is 55.3 Å². The van der Waals surface area contributed by atoms with Gasteiger partial charge in [-0.25, -0.2) is 5.43 Å². The van der Waals surface area contributed by atoms with Crippen molar-refractivity contribution in [2.75, 3.05) is 0 Å². The number of hydrazone groups is 1. The van der Waals surface area contributed by atoms with E-state index in [9.17, 15) is 4.79 Å². The number of carbonyl (C=O) groups excluding carboxylic acids is 1. The molecule has 2 rings (SSSR count). The standard InChI is InChI=1S/C19H26N4O/c1-13-17(14(2)22-21-13)10-11-18(24)23-20-12-15-6-8-16(9-7-15)19(3,4)5/h6-9,12H,10-11H2,1-5H3,(H,21,22)(H,23,24)/b20-12+. The molecule has 0 aliphatic carbocycles. The Labute approximate surface area is 143 Å². The molecule has 5 heteroatoms. The third kappa shape index (κ3) is 4.78. The van der Waals surface area contributed by atoms with Crippen molar-refractivity contribution < 1.29 is 4.79 Å². The van der Waals surface area contributed by atoms with Gasteiger partial charge in [0.15, 0.2) is 0 Å². The Hall–Kier alpha value is -2.43. The molecular formula is C19H26N4O. The summed E-state index contributed by atoms with van der Waals surface area (Å²) in [7, 11) is 0. The second kappa shape index (κ2) is 7.43. The molecule has 0 saturated carbocycles. The van der Waals surface area contributed by atoms with E-state index in [0.717, 1.165) is 22.5 Å². The van der Waals surface area contributed by atoms with Crippen molar-refractivity contribution in [2.45, 2.75) is 52.9 Å². The summed E-state index contributed by atoms with van der Waals surface area (Å²) >= 11 is 0. The average molecular weight is 326 g/mol. The maximum Gasteiger partial charge on any atom is 0.240 e. The molecule has 24 heavy (non-hydrogen) atoms. The molecule has 5 nitrogen and oxygen atoms in total. The molecule has 0 fully saturated rings.